The molecule has 0 aliphatic heterocycles. The van der Waals surface area contributed by atoms with E-state index in [1.165, 1.54) is 6.42 Å². The molecule has 0 aromatic heterocycles. The van der Waals surface area contributed by atoms with Crippen molar-refractivity contribution in [3.05, 3.63) is 35.4 Å². The van der Waals surface area contributed by atoms with E-state index in [1.807, 2.05) is 26.0 Å². The van der Waals surface area contributed by atoms with Crippen molar-refractivity contribution in [2.24, 2.45) is 11.8 Å². The van der Waals surface area contributed by atoms with Gasteiger partial charge in [-0.3, -0.25) is 14.4 Å². The molecule has 1 atom stereocenters. The number of carbonyl (C=O) groups is 3. The molecule has 0 spiro atoms. The van der Waals surface area contributed by atoms with Gasteiger partial charge < -0.3 is 16.0 Å². The zero-order valence-corrected chi connectivity index (χ0v) is 19.7. The highest BCUT2D eigenvalue weighted by molar-refractivity contribution is 5.97. The average molecular weight is 430 g/mol. The first-order chi connectivity index (χ1) is 14.6. The standard InChI is InChI=1S/C25H39N3O3/c1-17(2)21(28-23(30)19-11-13-20(14-12-19)25(3,4)5)24(31)27-16-15-26-22(29)18-9-7-6-8-10-18/h11-14,17-18,21H,6-10,15-16H2,1-5H3,(H,26,29)(H,27,31)(H,28,30). The van der Waals surface area contributed by atoms with Crippen LogP contribution in [0, 0.1) is 11.8 Å². The van der Waals surface area contributed by atoms with Crippen LogP contribution in [-0.4, -0.2) is 36.9 Å². The molecule has 1 aliphatic carbocycles. The van der Waals surface area contributed by atoms with Crippen LogP contribution >= 0.6 is 0 Å². The molecule has 0 bridgehead atoms. The molecular formula is C25H39N3O3. The third-order valence-electron chi connectivity index (χ3n) is 5.95. The Hall–Kier alpha value is -2.37. The SMILES string of the molecule is CC(C)C(NC(=O)c1ccc(C(C)(C)C)cc1)C(=O)NCCNC(=O)C1CCCCC1. The molecule has 1 aromatic rings. The maximum absolute atomic E-state index is 12.7. The van der Waals surface area contributed by atoms with Crippen molar-refractivity contribution in [1.82, 2.24) is 16.0 Å². The molecule has 0 radical (unpaired) electrons. The Balaban J connectivity index is 1.83. The molecule has 31 heavy (non-hydrogen) atoms. The summed E-state index contributed by atoms with van der Waals surface area (Å²) in [6.45, 7) is 10.9. The summed E-state index contributed by atoms with van der Waals surface area (Å²) in [5.41, 5.74) is 1.70. The fourth-order valence-electron chi connectivity index (χ4n) is 3.87. The highest BCUT2D eigenvalue weighted by atomic mass is 16.2. The Kier molecular flexibility index (Phi) is 9.08. The lowest BCUT2D eigenvalue weighted by Gasteiger charge is -2.23. The number of amides is 3. The Morgan fingerprint density at radius 3 is 2.06 bits per heavy atom. The van der Waals surface area contributed by atoms with E-state index < -0.39 is 6.04 Å². The second-order valence-electron chi connectivity index (χ2n) is 9.94. The largest absolute Gasteiger partial charge is 0.354 e. The van der Waals surface area contributed by atoms with Crippen molar-refractivity contribution in [3.8, 4) is 0 Å². The summed E-state index contributed by atoms with van der Waals surface area (Å²) >= 11 is 0. The quantitative estimate of drug-likeness (QED) is 0.552. The van der Waals surface area contributed by atoms with Crippen LogP contribution in [-0.2, 0) is 15.0 Å². The zero-order chi connectivity index (χ0) is 23.0. The molecule has 1 unspecified atom stereocenters. The van der Waals surface area contributed by atoms with E-state index in [2.05, 4.69) is 36.7 Å². The summed E-state index contributed by atoms with van der Waals surface area (Å²) in [7, 11) is 0. The zero-order valence-electron chi connectivity index (χ0n) is 19.7. The van der Waals surface area contributed by atoms with Crippen LogP contribution in [0.4, 0.5) is 0 Å². The van der Waals surface area contributed by atoms with Gasteiger partial charge in [-0.1, -0.05) is 66.0 Å². The molecule has 1 saturated carbocycles. The van der Waals surface area contributed by atoms with Crippen LogP contribution in [0.15, 0.2) is 24.3 Å². The van der Waals surface area contributed by atoms with Crippen LogP contribution in [0.2, 0.25) is 0 Å². The number of rotatable bonds is 8. The van der Waals surface area contributed by atoms with E-state index in [0.717, 1.165) is 31.2 Å². The fraction of sp³-hybridized carbons (Fsp3) is 0.640. The van der Waals surface area contributed by atoms with Gasteiger partial charge in [-0.25, -0.2) is 0 Å². The molecule has 172 valence electrons. The van der Waals surface area contributed by atoms with Gasteiger partial charge in [0.05, 0.1) is 0 Å². The number of carbonyl (C=O) groups excluding carboxylic acids is 3. The number of hydrogen-bond donors (Lipinski definition) is 3. The first kappa shape index (κ1) is 24.9. The summed E-state index contributed by atoms with van der Waals surface area (Å²) in [6.07, 6.45) is 5.35. The lowest BCUT2D eigenvalue weighted by Crippen LogP contribution is -2.51. The molecule has 6 heteroatoms. The second-order valence-corrected chi connectivity index (χ2v) is 9.94. The van der Waals surface area contributed by atoms with Crippen LogP contribution in [0.5, 0.6) is 0 Å². The lowest BCUT2D eigenvalue weighted by atomic mass is 9.86. The van der Waals surface area contributed by atoms with E-state index in [1.54, 1.807) is 12.1 Å². The van der Waals surface area contributed by atoms with Crippen molar-refractivity contribution in [2.45, 2.75) is 78.2 Å². The number of hydrogen-bond acceptors (Lipinski definition) is 3. The van der Waals surface area contributed by atoms with Crippen molar-refractivity contribution >= 4 is 17.7 Å². The van der Waals surface area contributed by atoms with Gasteiger partial charge in [0.2, 0.25) is 11.8 Å². The van der Waals surface area contributed by atoms with Crippen molar-refractivity contribution in [1.29, 1.82) is 0 Å². The fourth-order valence-corrected chi connectivity index (χ4v) is 3.87. The average Bonchev–Trinajstić information content (AvgIpc) is 2.74. The van der Waals surface area contributed by atoms with Gasteiger partial charge in [0.15, 0.2) is 0 Å². The van der Waals surface area contributed by atoms with Gasteiger partial charge in [-0.05, 0) is 41.9 Å². The first-order valence-electron chi connectivity index (χ1n) is 11.6. The first-order valence-corrected chi connectivity index (χ1v) is 11.6. The smallest absolute Gasteiger partial charge is 0.251 e. The van der Waals surface area contributed by atoms with Crippen molar-refractivity contribution < 1.29 is 14.4 Å². The molecule has 0 saturated heterocycles. The van der Waals surface area contributed by atoms with Crippen LogP contribution < -0.4 is 16.0 Å². The second kappa shape index (κ2) is 11.3. The van der Waals surface area contributed by atoms with Crippen LogP contribution in [0.1, 0.15) is 82.6 Å². The molecule has 1 aromatic carbocycles. The third kappa shape index (κ3) is 7.67. The molecule has 1 aliphatic rings. The highest BCUT2D eigenvalue weighted by Gasteiger charge is 2.25. The molecule has 6 nitrogen and oxygen atoms in total. The van der Waals surface area contributed by atoms with E-state index >= 15 is 0 Å². The molecule has 0 heterocycles. The van der Waals surface area contributed by atoms with Crippen molar-refractivity contribution in [3.63, 3.8) is 0 Å². The summed E-state index contributed by atoms with van der Waals surface area (Å²) in [6, 6.07) is 6.87. The van der Waals surface area contributed by atoms with Gasteiger partial charge in [0, 0.05) is 24.6 Å². The van der Waals surface area contributed by atoms with Gasteiger partial charge in [0.25, 0.3) is 5.91 Å². The Morgan fingerprint density at radius 2 is 1.52 bits per heavy atom. The van der Waals surface area contributed by atoms with Crippen molar-refractivity contribution in [2.75, 3.05) is 13.1 Å². The number of benzene rings is 1. The van der Waals surface area contributed by atoms with Gasteiger partial charge in [-0.2, -0.15) is 0 Å². The minimum atomic E-state index is -0.635. The monoisotopic (exact) mass is 429 g/mol. The maximum atomic E-state index is 12.7. The predicted octanol–water partition coefficient (Wildman–Crippen LogP) is 3.55. The van der Waals surface area contributed by atoms with Crippen LogP contribution in [0.3, 0.4) is 0 Å². The molecule has 3 amide bonds. The van der Waals surface area contributed by atoms with E-state index in [-0.39, 0.29) is 35.0 Å². The minimum Gasteiger partial charge on any atom is -0.354 e. The topological polar surface area (TPSA) is 87.3 Å². The maximum Gasteiger partial charge on any atom is 0.251 e. The lowest BCUT2D eigenvalue weighted by molar-refractivity contribution is -0.127. The van der Waals surface area contributed by atoms with E-state index in [9.17, 15) is 14.4 Å². The molecule has 1 fully saturated rings. The molecular weight excluding hydrogens is 390 g/mol. The summed E-state index contributed by atoms with van der Waals surface area (Å²) in [5, 5.41) is 8.61. The Labute approximate surface area is 186 Å². The summed E-state index contributed by atoms with van der Waals surface area (Å²) < 4.78 is 0. The van der Waals surface area contributed by atoms with Gasteiger partial charge in [-0.15, -0.1) is 0 Å². The Morgan fingerprint density at radius 1 is 0.935 bits per heavy atom. The summed E-state index contributed by atoms with van der Waals surface area (Å²) in [5.74, 6) is -0.366. The minimum absolute atomic E-state index is 0.0156. The molecule has 2 rings (SSSR count). The van der Waals surface area contributed by atoms with E-state index in [4.69, 9.17) is 0 Å². The normalized spacial score (nSPS) is 15.9. The van der Waals surface area contributed by atoms with Gasteiger partial charge in [0.1, 0.15) is 6.04 Å². The van der Waals surface area contributed by atoms with Crippen LogP contribution in [0.25, 0.3) is 0 Å². The highest BCUT2D eigenvalue weighted by Crippen LogP contribution is 2.23. The number of nitrogens with one attached hydrogen (secondary N) is 3. The van der Waals surface area contributed by atoms with Gasteiger partial charge >= 0.3 is 0 Å². The molecule has 3 N–H and O–H groups in total. The third-order valence-corrected chi connectivity index (χ3v) is 5.95. The predicted molar refractivity (Wildman–Crippen MR) is 124 cm³/mol. The Bertz CT molecular complexity index is 744. The van der Waals surface area contributed by atoms with E-state index in [0.29, 0.717) is 18.7 Å². The summed E-state index contributed by atoms with van der Waals surface area (Å²) in [4.78, 5) is 37.5.